The number of pyridine rings is 1. The van der Waals surface area contributed by atoms with Gasteiger partial charge in [0.05, 0.1) is 22.1 Å². The molecule has 0 unspecified atom stereocenters. The van der Waals surface area contributed by atoms with Crippen molar-refractivity contribution in [2.75, 3.05) is 5.32 Å². The summed E-state index contributed by atoms with van der Waals surface area (Å²) < 4.78 is 34.7. The Balaban J connectivity index is 1.74. The smallest absolute Gasteiger partial charge is 0.280 e. The minimum Gasteiger partial charge on any atom is -0.464 e. The first-order valence-corrected chi connectivity index (χ1v) is 10.9. The van der Waals surface area contributed by atoms with E-state index in [4.69, 9.17) is 10.2 Å². The summed E-state index contributed by atoms with van der Waals surface area (Å²) in [6, 6.07) is 4.38. The number of halogens is 3. The van der Waals surface area contributed by atoms with E-state index in [1.807, 2.05) is 6.92 Å². The predicted octanol–water partition coefficient (Wildman–Crippen LogP) is 4.89. The quantitative estimate of drug-likeness (QED) is 0.357. The average molecular weight is 524 g/mol. The number of alkyl halides is 2. The Kier molecular flexibility index (Phi) is 6.07. The summed E-state index contributed by atoms with van der Waals surface area (Å²) in [5.41, 5.74) is 6.22. The van der Waals surface area contributed by atoms with Crippen LogP contribution in [0.4, 0.5) is 14.5 Å². The number of nitrogens with one attached hydrogen (secondary N) is 1. The second kappa shape index (κ2) is 8.79. The number of anilines is 1. The van der Waals surface area contributed by atoms with E-state index in [9.17, 15) is 18.4 Å². The van der Waals surface area contributed by atoms with Gasteiger partial charge in [-0.05, 0) is 41.1 Å². The van der Waals surface area contributed by atoms with Gasteiger partial charge >= 0.3 is 0 Å². The minimum atomic E-state index is -2.83. The van der Waals surface area contributed by atoms with Crippen LogP contribution >= 0.6 is 27.3 Å². The van der Waals surface area contributed by atoms with Crippen molar-refractivity contribution in [3.63, 3.8) is 0 Å². The Bertz CT molecular complexity index is 1300. The SMILES string of the molecule is Cc1nn(CCC(=O)Nc2c(C(N)=O)sc3nc(C(F)F)cc(-c4ccco4)c23)cc1Br. The molecular formula is C20H16BrF2N5O3S. The fraction of sp³-hybridized carbons (Fsp3) is 0.200. The summed E-state index contributed by atoms with van der Waals surface area (Å²) >= 11 is 4.20. The highest BCUT2D eigenvalue weighted by atomic mass is 79.9. The summed E-state index contributed by atoms with van der Waals surface area (Å²) in [5.74, 6) is -0.917. The van der Waals surface area contributed by atoms with Crippen LogP contribution in [0, 0.1) is 6.92 Å². The van der Waals surface area contributed by atoms with Crippen LogP contribution in [0.5, 0.6) is 0 Å². The number of aromatic nitrogens is 3. The summed E-state index contributed by atoms with van der Waals surface area (Å²) in [6.07, 6.45) is 0.374. The van der Waals surface area contributed by atoms with Gasteiger partial charge in [0.25, 0.3) is 12.3 Å². The maximum Gasteiger partial charge on any atom is 0.280 e. The van der Waals surface area contributed by atoms with Crippen molar-refractivity contribution in [3.8, 4) is 11.3 Å². The minimum absolute atomic E-state index is 0.0118. The van der Waals surface area contributed by atoms with Gasteiger partial charge in [-0.2, -0.15) is 5.10 Å². The number of rotatable bonds is 7. The van der Waals surface area contributed by atoms with Gasteiger partial charge in [0.2, 0.25) is 5.91 Å². The largest absolute Gasteiger partial charge is 0.464 e. The Hall–Kier alpha value is -3.12. The maximum atomic E-state index is 13.4. The Morgan fingerprint density at radius 3 is 2.78 bits per heavy atom. The third kappa shape index (κ3) is 4.28. The van der Waals surface area contributed by atoms with Crippen LogP contribution in [-0.4, -0.2) is 26.6 Å². The number of hydrogen-bond donors (Lipinski definition) is 2. The van der Waals surface area contributed by atoms with Crippen molar-refractivity contribution in [2.45, 2.75) is 26.3 Å². The first kappa shape index (κ1) is 22.1. The van der Waals surface area contributed by atoms with E-state index in [2.05, 4.69) is 31.3 Å². The summed E-state index contributed by atoms with van der Waals surface area (Å²) in [4.78, 5) is 28.9. The van der Waals surface area contributed by atoms with Crippen LogP contribution in [0.15, 0.2) is 39.5 Å². The topological polar surface area (TPSA) is 116 Å². The highest BCUT2D eigenvalue weighted by Crippen LogP contribution is 2.42. The van der Waals surface area contributed by atoms with Crippen LogP contribution in [0.2, 0.25) is 0 Å². The van der Waals surface area contributed by atoms with Crippen LogP contribution in [0.3, 0.4) is 0 Å². The molecule has 0 aliphatic heterocycles. The fourth-order valence-electron chi connectivity index (χ4n) is 3.17. The van der Waals surface area contributed by atoms with Gasteiger partial charge in [-0.3, -0.25) is 14.3 Å². The number of aryl methyl sites for hydroxylation is 2. The first-order chi connectivity index (χ1) is 15.2. The molecule has 166 valence electrons. The maximum absolute atomic E-state index is 13.4. The lowest BCUT2D eigenvalue weighted by Gasteiger charge is -2.09. The normalized spacial score (nSPS) is 11.4. The van der Waals surface area contributed by atoms with Crippen LogP contribution < -0.4 is 11.1 Å². The van der Waals surface area contributed by atoms with Gasteiger partial charge < -0.3 is 15.5 Å². The number of thiophene rings is 1. The lowest BCUT2D eigenvalue weighted by Crippen LogP contribution is -2.18. The van der Waals surface area contributed by atoms with Crippen molar-refractivity contribution in [1.82, 2.24) is 14.8 Å². The monoisotopic (exact) mass is 523 g/mol. The molecule has 3 N–H and O–H groups in total. The molecule has 0 bridgehead atoms. The number of nitrogens with zero attached hydrogens (tertiary/aromatic N) is 3. The van der Waals surface area contributed by atoms with Crippen LogP contribution in [-0.2, 0) is 11.3 Å². The molecule has 0 radical (unpaired) electrons. The summed E-state index contributed by atoms with van der Waals surface area (Å²) in [7, 11) is 0. The molecular weight excluding hydrogens is 508 g/mol. The molecule has 0 saturated carbocycles. The second-order valence-electron chi connectivity index (χ2n) is 6.85. The van der Waals surface area contributed by atoms with Crippen molar-refractivity contribution < 1.29 is 22.8 Å². The molecule has 32 heavy (non-hydrogen) atoms. The van der Waals surface area contributed by atoms with Gasteiger partial charge in [-0.25, -0.2) is 13.8 Å². The highest BCUT2D eigenvalue weighted by Gasteiger charge is 2.25. The third-order valence-corrected chi connectivity index (χ3v) is 6.51. The van der Waals surface area contributed by atoms with E-state index in [1.54, 1.807) is 23.0 Å². The Morgan fingerprint density at radius 1 is 1.41 bits per heavy atom. The number of nitrogens with two attached hydrogens (primary N) is 1. The molecule has 0 fully saturated rings. The van der Waals surface area contributed by atoms with Crippen molar-refractivity contribution in [2.24, 2.45) is 5.73 Å². The fourth-order valence-corrected chi connectivity index (χ4v) is 4.50. The molecule has 4 aromatic rings. The first-order valence-electron chi connectivity index (χ1n) is 9.33. The third-order valence-electron chi connectivity index (χ3n) is 4.63. The number of hydrogen-bond acceptors (Lipinski definition) is 6. The molecule has 8 nitrogen and oxygen atoms in total. The molecule has 12 heteroatoms. The van der Waals surface area contributed by atoms with Gasteiger partial charge in [-0.15, -0.1) is 11.3 Å². The van der Waals surface area contributed by atoms with Crippen molar-refractivity contribution >= 4 is 55.0 Å². The number of carbonyl (C=O) groups excluding carboxylic acids is 2. The van der Waals surface area contributed by atoms with E-state index in [-0.39, 0.29) is 27.4 Å². The Morgan fingerprint density at radius 2 is 2.19 bits per heavy atom. The molecule has 4 heterocycles. The number of furan rings is 1. The molecule has 4 aromatic heterocycles. The molecule has 0 aromatic carbocycles. The summed E-state index contributed by atoms with van der Waals surface area (Å²) in [5, 5.41) is 7.29. The standard InChI is InChI=1S/C20H16BrF2N5O3S/c1-9-11(21)8-28(27-9)5-4-14(29)26-16-15-10(13-3-2-6-31-13)7-12(18(22)23)25-20(15)32-17(16)19(24)30/h2-3,6-8,18H,4-5H2,1H3,(H2,24,30)(H,26,29). The number of carbonyl (C=O) groups is 2. The highest BCUT2D eigenvalue weighted by molar-refractivity contribution is 9.10. The van der Waals surface area contributed by atoms with E-state index in [0.29, 0.717) is 17.7 Å². The molecule has 2 amide bonds. The number of primary amides is 1. The average Bonchev–Trinajstić information content (AvgIpc) is 3.46. The van der Waals surface area contributed by atoms with E-state index >= 15 is 0 Å². The number of amides is 2. The van der Waals surface area contributed by atoms with E-state index < -0.39 is 23.9 Å². The predicted molar refractivity (Wildman–Crippen MR) is 119 cm³/mol. The van der Waals surface area contributed by atoms with Gasteiger partial charge in [0, 0.05) is 30.1 Å². The molecule has 0 saturated heterocycles. The van der Waals surface area contributed by atoms with Gasteiger partial charge in [0.1, 0.15) is 21.2 Å². The second-order valence-corrected chi connectivity index (χ2v) is 8.70. The van der Waals surface area contributed by atoms with Crippen molar-refractivity contribution in [3.05, 3.63) is 51.4 Å². The zero-order valence-electron chi connectivity index (χ0n) is 16.6. The molecule has 4 rings (SSSR count). The zero-order valence-corrected chi connectivity index (χ0v) is 19.0. The molecule has 0 aliphatic rings. The lowest BCUT2D eigenvalue weighted by atomic mass is 10.1. The van der Waals surface area contributed by atoms with Crippen LogP contribution in [0.1, 0.15) is 33.9 Å². The van der Waals surface area contributed by atoms with E-state index in [1.165, 1.54) is 12.3 Å². The van der Waals surface area contributed by atoms with Gasteiger partial charge in [-0.1, -0.05) is 0 Å². The van der Waals surface area contributed by atoms with Crippen LogP contribution in [0.25, 0.3) is 21.5 Å². The molecule has 0 aliphatic carbocycles. The van der Waals surface area contributed by atoms with E-state index in [0.717, 1.165) is 21.5 Å². The lowest BCUT2D eigenvalue weighted by molar-refractivity contribution is -0.116. The molecule has 0 atom stereocenters. The van der Waals surface area contributed by atoms with Crippen molar-refractivity contribution in [1.29, 1.82) is 0 Å². The zero-order chi connectivity index (χ0) is 23.0. The Labute approximate surface area is 192 Å². The van der Waals surface area contributed by atoms with Gasteiger partial charge in [0.15, 0.2) is 0 Å². The molecule has 0 spiro atoms. The summed E-state index contributed by atoms with van der Waals surface area (Å²) in [6.45, 7) is 2.12. The number of fused-ring (bicyclic) bond motifs is 1.